The highest BCUT2D eigenvalue weighted by molar-refractivity contribution is 5.96. The Labute approximate surface area is 203 Å². The Morgan fingerprint density at radius 1 is 0.853 bits per heavy atom. The van der Waals surface area contributed by atoms with Gasteiger partial charge >= 0.3 is 0 Å². The van der Waals surface area contributed by atoms with E-state index < -0.39 is 0 Å². The van der Waals surface area contributed by atoms with E-state index in [2.05, 4.69) is 88.4 Å². The number of piperidine rings is 1. The third-order valence-corrected chi connectivity index (χ3v) is 7.71. The van der Waals surface area contributed by atoms with Gasteiger partial charge in [0.25, 0.3) is 0 Å². The lowest BCUT2D eigenvalue weighted by atomic mass is 9.99. The lowest BCUT2D eigenvalue weighted by Crippen LogP contribution is -2.30. The molecule has 1 aromatic heterocycles. The third kappa shape index (κ3) is 4.14. The molecule has 1 N–H and O–H groups in total. The Kier molecular flexibility index (Phi) is 5.88. The number of hydrogen-bond donors (Lipinski definition) is 1. The molecule has 2 aliphatic heterocycles. The van der Waals surface area contributed by atoms with Gasteiger partial charge in [0.2, 0.25) is 0 Å². The number of likely N-dealkylation sites (tertiary alicyclic amines) is 1. The standard InChI is InChI=1S/C31H35N3/c1-23-11-16-30-27(20-23)28-21-32-29-10-4-3-9-26(29)31(28)34(30)22-25-14-12-24(13-15-25)8-7-19-33-17-5-2-6-18-33/h3-4,9-16,20,32H,2,5-8,17-19,21-22H2,1H3. The number of aromatic nitrogens is 1. The summed E-state index contributed by atoms with van der Waals surface area (Å²) in [4.78, 5) is 2.65. The lowest BCUT2D eigenvalue weighted by molar-refractivity contribution is 0.226. The Morgan fingerprint density at radius 2 is 1.65 bits per heavy atom. The van der Waals surface area contributed by atoms with Crippen LogP contribution < -0.4 is 5.32 Å². The van der Waals surface area contributed by atoms with Gasteiger partial charge in [0, 0.05) is 40.8 Å². The summed E-state index contributed by atoms with van der Waals surface area (Å²) in [5.41, 5.74) is 10.8. The molecule has 2 aliphatic rings. The van der Waals surface area contributed by atoms with Crippen LogP contribution in [0.15, 0.2) is 66.7 Å². The minimum Gasteiger partial charge on any atom is -0.380 e. The molecule has 1 saturated heterocycles. The van der Waals surface area contributed by atoms with Crippen molar-refractivity contribution in [2.45, 2.75) is 52.1 Å². The van der Waals surface area contributed by atoms with Crippen LogP contribution >= 0.6 is 0 Å². The predicted molar refractivity (Wildman–Crippen MR) is 144 cm³/mol. The van der Waals surface area contributed by atoms with Crippen molar-refractivity contribution in [1.29, 1.82) is 0 Å². The van der Waals surface area contributed by atoms with E-state index in [-0.39, 0.29) is 0 Å². The Morgan fingerprint density at radius 3 is 2.50 bits per heavy atom. The number of anilines is 1. The Bertz CT molecular complexity index is 1290. The summed E-state index contributed by atoms with van der Waals surface area (Å²) < 4.78 is 2.54. The first-order valence-electron chi connectivity index (χ1n) is 13.0. The molecule has 0 aliphatic carbocycles. The van der Waals surface area contributed by atoms with Crippen LogP contribution in [-0.4, -0.2) is 29.1 Å². The van der Waals surface area contributed by atoms with Crippen LogP contribution in [0.5, 0.6) is 0 Å². The van der Waals surface area contributed by atoms with Gasteiger partial charge < -0.3 is 14.8 Å². The second-order valence-electron chi connectivity index (χ2n) is 10.2. The molecule has 0 unspecified atom stereocenters. The van der Waals surface area contributed by atoms with E-state index in [1.807, 2.05) is 0 Å². The smallest absolute Gasteiger partial charge is 0.0566 e. The molecule has 174 valence electrons. The van der Waals surface area contributed by atoms with Crippen molar-refractivity contribution in [3.8, 4) is 11.3 Å². The van der Waals surface area contributed by atoms with Crippen molar-refractivity contribution in [3.63, 3.8) is 0 Å². The molecule has 0 amide bonds. The second-order valence-corrected chi connectivity index (χ2v) is 10.2. The van der Waals surface area contributed by atoms with Crippen molar-refractivity contribution in [2.75, 3.05) is 25.0 Å². The zero-order chi connectivity index (χ0) is 22.9. The summed E-state index contributed by atoms with van der Waals surface area (Å²) in [5, 5.41) is 5.02. The molecule has 3 heteroatoms. The van der Waals surface area contributed by atoms with E-state index in [0.29, 0.717) is 0 Å². The molecule has 0 bridgehead atoms. The first-order valence-corrected chi connectivity index (χ1v) is 13.0. The first kappa shape index (κ1) is 21.5. The average molecular weight is 450 g/mol. The minimum absolute atomic E-state index is 0.884. The van der Waals surface area contributed by atoms with Crippen LogP contribution in [0.25, 0.3) is 22.2 Å². The molecule has 0 saturated carbocycles. The number of nitrogens with zero attached hydrogens (tertiary/aromatic N) is 2. The van der Waals surface area contributed by atoms with E-state index in [1.165, 1.54) is 102 Å². The molecule has 3 aromatic carbocycles. The largest absolute Gasteiger partial charge is 0.380 e. The van der Waals surface area contributed by atoms with Crippen molar-refractivity contribution >= 4 is 16.6 Å². The average Bonchev–Trinajstić information content (AvgIpc) is 3.18. The Hall–Kier alpha value is -3.04. The fraction of sp³-hybridized carbons (Fsp3) is 0.355. The van der Waals surface area contributed by atoms with E-state index in [9.17, 15) is 0 Å². The highest BCUT2D eigenvalue weighted by Gasteiger charge is 2.24. The summed E-state index contributed by atoms with van der Waals surface area (Å²) in [7, 11) is 0. The summed E-state index contributed by atoms with van der Waals surface area (Å²) in [6, 6.07) is 25.0. The van der Waals surface area contributed by atoms with Crippen LogP contribution in [0.2, 0.25) is 0 Å². The second kappa shape index (κ2) is 9.31. The van der Waals surface area contributed by atoms with Gasteiger partial charge in [0.1, 0.15) is 0 Å². The first-order chi connectivity index (χ1) is 16.8. The predicted octanol–water partition coefficient (Wildman–Crippen LogP) is 7.01. The maximum Gasteiger partial charge on any atom is 0.0566 e. The SMILES string of the molecule is Cc1ccc2c(c1)c1c(n2Cc2ccc(CCCN3CCCCC3)cc2)-c2ccccc2NC1. The highest BCUT2D eigenvalue weighted by Crippen LogP contribution is 2.41. The summed E-state index contributed by atoms with van der Waals surface area (Å²) in [6.45, 7) is 7.82. The summed E-state index contributed by atoms with van der Waals surface area (Å²) >= 11 is 0. The van der Waals surface area contributed by atoms with Gasteiger partial charge in [-0.2, -0.15) is 0 Å². The van der Waals surface area contributed by atoms with Crippen LogP contribution in [0, 0.1) is 6.92 Å². The highest BCUT2D eigenvalue weighted by atomic mass is 15.1. The monoisotopic (exact) mass is 449 g/mol. The molecular formula is C31H35N3. The van der Waals surface area contributed by atoms with Gasteiger partial charge in [-0.25, -0.2) is 0 Å². The molecule has 0 spiro atoms. The molecule has 4 aromatic rings. The summed E-state index contributed by atoms with van der Waals surface area (Å²) in [5.74, 6) is 0. The van der Waals surface area contributed by atoms with Crippen LogP contribution in [0.1, 0.15) is 47.9 Å². The normalized spacial score (nSPS) is 15.7. The maximum atomic E-state index is 3.64. The number of aryl methyl sites for hydroxylation is 2. The van der Waals surface area contributed by atoms with Crippen molar-refractivity contribution in [1.82, 2.24) is 9.47 Å². The van der Waals surface area contributed by atoms with Crippen molar-refractivity contribution < 1.29 is 0 Å². The maximum absolute atomic E-state index is 3.64. The molecule has 0 atom stereocenters. The Balaban J connectivity index is 1.26. The van der Waals surface area contributed by atoms with Crippen molar-refractivity contribution in [3.05, 3.63) is 89.0 Å². The molecule has 3 heterocycles. The lowest BCUT2D eigenvalue weighted by Gasteiger charge is -2.26. The third-order valence-electron chi connectivity index (χ3n) is 7.71. The zero-order valence-electron chi connectivity index (χ0n) is 20.3. The number of fused-ring (bicyclic) bond motifs is 5. The van der Waals surface area contributed by atoms with Gasteiger partial charge in [-0.1, -0.05) is 60.5 Å². The van der Waals surface area contributed by atoms with E-state index in [0.717, 1.165) is 13.1 Å². The van der Waals surface area contributed by atoms with Crippen LogP contribution in [-0.2, 0) is 19.5 Å². The number of benzene rings is 3. The number of para-hydroxylation sites is 1. The fourth-order valence-electron chi connectivity index (χ4n) is 5.90. The van der Waals surface area contributed by atoms with Gasteiger partial charge in [0.15, 0.2) is 0 Å². The van der Waals surface area contributed by atoms with Crippen molar-refractivity contribution in [2.24, 2.45) is 0 Å². The number of nitrogens with one attached hydrogen (secondary N) is 1. The molecule has 34 heavy (non-hydrogen) atoms. The number of hydrogen-bond acceptors (Lipinski definition) is 2. The zero-order valence-corrected chi connectivity index (χ0v) is 20.3. The van der Waals surface area contributed by atoms with E-state index in [4.69, 9.17) is 0 Å². The number of rotatable bonds is 6. The molecule has 1 fully saturated rings. The van der Waals surface area contributed by atoms with Crippen LogP contribution in [0.4, 0.5) is 5.69 Å². The van der Waals surface area contributed by atoms with Gasteiger partial charge in [-0.15, -0.1) is 0 Å². The van der Waals surface area contributed by atoms with E-state index >= 15 is 0 Å². The molecule has 3 nitrogen and oxygen atoms in total. The topological polar surface area (TPSA) is 20.2 Å². The summed E-state index contributed by atoms with van der Waals surface area (Å²) in [6.07, 6.45) is 6.62. The quantitative estimate of drug-likeness (QED) is 0.342. The molecule has 6 rings (SSSR count). The van der Waals surface area contributed by atoms with Gasteiger partial charge in [-0.05, 0) is 81.6 Å². The molecule has 0 radical (unpaired) electrons. The van der Waals surface area contributed by atoms with Gasteiger partial charge in [0.05, 0.1) is 5.69 Å². The van der Waals surface area contributed by atoms with E-state index in [1.54, 1.807) is 0 Å². The minimum atomic E-state index is 0.884. The van der Waals surface area contributed by atoms with Crippen LogP contribution in [0.3, 0.4) is 0 Å². The molecular weight excluding hydrogens is 414 g/mol. The fourth-order valence-corrected chi connectivity index (χ4v) is 5.90. The van der Waals surface area contributed by atoms with Gasteiger partial charge in [-0.3, -0.25) is 0 Å².